The standard InChI is InChI=1S/C10H12Cl2N2O2/c1-13-5-14-10-8(11)6(15-2)4-7(16-3)9(10)12/h4-5H,1-3H3,(H,13,14). The lowest BCUT2D eigenvalue weighted by Gasteiger charge is -2.13. The maximum Gasteiger partial charge on any atom is 0.143 e. The van der Waals surface area contributed by atoms with Crippen molar-refractivity contribution in [2.75, 3.05) is 26.6 Å². The molecule has 6 heteroatoms. The van der Waals surface area contributed by atoms with Crippen LogP contribution in [0.3, 0.4) is 0 Å². The van der Waals surface area contributed by atoms with Gasteiger partial charge in [0.15, 0.2) is 0 Å². The molecule has 4 nitrogen and oxygen atoms in total. The van der Waals surface area contributed by atoms with Gasteiger partial charge in [-0.3, -0.25) is 4.99 Å². The maximum absolute atomic E-state index is 6.09. The lowest BCUT2D eigenvalue weighted by Crippen LogP contribution is -1.99. The second-order valence-electron chi connectivity index (χ2n) is 2.82. The number of nitrogens with one attached hydrogen (secondary N) is 1. The van der Waals surface area contributed by atoms with Crippen molar-refractivity contribution in [2.45, 2.75) is 0 Å². The average molecular weight is 263 g/mol. The number of hydrogen-bond donors (Lipinski definition) is 1. The summed E-state index contributed by atoms with van der Waals surface area (Å²) in [6.07, 6.45) is 1.48. The zero-order valence-corrected chi connectivity index (χ0v) is 10.7. The van der Waals surface area contributed by atoms with E-state index in [-0.39, 0.29) is 0 Å². The highest BCUT2D eigenvalue weighted by atomic mass is 35.5. The fourth-order valence-electron chi connectivity index (χ4n) is 1.14. The van der Waals surface area contributed by atoms with E-state index in [4.69, 9.17) is 32.7 Å². The Kier molecular flexibility index (Phi) is 4.71. The quantitative estimate of drug-likeness (QED) is 0.670. The summed E-state index contributed by atoms with van der Waals surface area (Å²) in [6.45, 7) is 0. The summed E-state index contributed by atoms with van der Waals surface area (Å²) in [4.78, 5) is 3.79. The predicted octanol–water partition coefficient (Wildman–Crippen LogP) is 3.08. The third-order valence-corrected chi connectivity index (χ3v) is 2.66. The fourth-order valence-corrected chi connectivity index (χ4v) is 1.75. The number of rotatable bonds is 4. The molecule has 0 radical (unpaired) electrons. The van der Waals surface area contributed by atoms with Crippen LogP contribution in [0.1, 0.15) is 0 Å². The number of hydrogen-bond acceptors (Lipinski definition) is 3. The largest absolute Gasteiger partial charge is 0.495 e. The van der Waals surface area contributed by atoms with Crippen molar-refractivity contribution in [1.82, 2.24) is 0 Å². The van der Waals surface area contributed by atoms with Crippen molar-refractivity contribution in [3.63, 3.8) is 0 Å². The molecule has 1 aromatic rings. The molecule has 0 aliphatic heterocycles. The minimum Gasteiger partial charge on any atom is -0.495 e. The number of halogens is 2. The zero-order valence-electron chi connectivity index (χ0n) is 9.17. The van der Waals surface area contributed by atoms with Gasteiger partial charge in [0, 0.05) is 13.1 Å². The Morgan fingerprint density at radius 1 is 1.19 bits per heavy atom. The third-order valence-electron chi connectivity index (χ3n) is 1.91. The first-order valence-electron chi connectivity index (χ1n) is 4.42. The van der Waals surface area contributed by atoms with Crippen molar-refractivity contribution < 1.29 is 9.47 Å². The van der Waals surface area contributed by atoms with Crippen LogP contribution in [0.4, 0.5) is 5.69 Å². The Balaban J connectivity index is 3.31. The summed E-state index contributed by atoms with van der Waals surface area (Å²) in [5.74, 6) is 0.963. The van der Waals surface area contributed by atoms with Crippen molar-refractivity contribution in [2.24, 2.45) is 4.99 Å². The number of anilines is 1. The monoisotopic (exact) mass is 262 g/mol. The van der Waals surface area contributed by atoms with E-state index in [0.29, 0.717) is 27.2 Å². The molecule has 0 bridgehead atoms. The van der Waals surface area contributed by atoms with Crippen LogP contribution in [0.2, 0.25) is 10.0 Å². The van der Waals surface area contributed by atoms with Crippen LogP contribution in [0, 0.1) is 0 Å². The summed E-state index contributed by atoms with van der Waals surface area (Å²) < 4.78 is 10.2. The maximum atomic E-state index is 6.09. The molecule has 88 valence electrons. The van der Waals surface area contributed by atoms with E-state index in [0.717, 1.165) is 0 Å². The molecule has 0 amide bonds. The van der Waals surface area contributed by atoms with Gasteiger partial charge in [-0.2, -0.15) is 0 Å². The van der Waals surface area contributed by atoms with Crippen LogP contribution in [0.25, 0.3) is 0 Å². The predicted molar refractivity (Wildman–Crippen MR) is 67.6 cm³/mol. The van der Waals surface area contributed by atoms with Gasteiger partial charge in [0.1, 0.15) is 21.5 Å². The van der Waals surface area contributed by atoms with Crippen LogP contribution in [-0.4, -0.2) is 27.6 Å². The second-order valence-corrected chi connectivity index (χ2v) is 3.57. The SMILES string of the molecule is CN=CNc1c(Cl)c(OC)cc(OC)c1Cl. The van der Waals surface area contributed by atoms with Crippen molar-refractivity contribution in [1.29, 1.82) is 0 Å². The van der Waals surface area contributed by atoms with Gasteiger partial charge in [0.05, 0.1) is 26.2 Å². The molecular weight excluding hydrogens is 251 g/mol. The highest BCUT2D eigenvalue weighted by molar-refractivity contribution is 6.41. The number of methoxy groups -OCH3 is 2. The van der Waals surface area contributed by atoms with Gasteiger partial charge in [0.25, 0.3) is 0 Å². The Labute approximate surface area is 104 Å². The van der Waals surface area contributed by atoms with Crippen LogP contribution in [-0.2, 0) is 0 Å². The van der Waals surface area contributed by atoms with Gasteiger partial charge in [0.2, 0.25) is 0 Å². The fraction of sp³-hybridized carbons (Fsp3) is 0.300. The molecule has 1 rings (SSSR count). The molecular formula is C10H12Cl2N2O2. The van der Waals surface area contributed by atoms with Crippen LogP contribution >= 0.6 is 23.2 Å². The van der Waals surface area contributed by atoms with E-state index in [2.05, 4.69) is 10.3 Å². The molecule has 0 aromatic heterocycles. The summed E-state index contributed by atoms with van der Waals surface area (Å²) in [5, 5.41) is 3.63. The Hall–Kier alpha value is -1.13. The normalized spacial score (nSPS) is 10.6. The molecule has 0 aliphatic rings. The number of ether oxygens (including phenoxy) is 2. The second kappa shape index (κ2) is 5.82. The van der Waals surface area contributed by atoms with Gasteiger partial charge in [-0.05, 0) is 0 Å². The molecule has 0 unspecified atom stereocenters. The Bertz CT molecular complexity index is 380. The van der Waals surface area contributed by atoms with Crippen molar-refractivity contribution in [3.05, 3.63) is 16.1 Å². The molecule has 0 aliphatic carbocycles. The third kappa shape index (κ3) is 2.51. The van der Waals surface area contributed by atoms with E-state index < -0.39 is 0 Å². The van der Waals surface area contributed by atoms with E-state index in [1.807, 2.05) is 0 Å². The molecule has 0 saturated carbocycles. The highest BCUT2D eigenvalue weighted by Gasteiger charge is 2.16. The zero-order chi connectivity index (χ0) is 12.1. The molecule has 0 heterocycles. The number of nitrogens with zero attached hydrogens (tertiary/aromatic N) is 1. The van der Waals surface area contributed by atoms with Gasteiger partial charge >= 0.3 is 0 Å². The van der Waals surface area contributed by atoms with E-state index in [1.165, 1.54) is 20.6 Å². The van der Waals surface area contributed by atoms with E-state index >= 15 is 0 Å². The van der Waals surface area contributed by atoms with Gasteiger partial charge in [-0.15, -0.1) is 0 Å². The number of benzene rings is 1. The van der Waals surface area contributed by atoms with E-state index in [1.54, 1.807) is 13.1 Å². The molecule has 1 aromatic carbocycles. The molecule has 0 fully saturated rings. The van der Waals surface area contributed by atoms with Gasteiger partial charge < -0.3 is 14.8 Å². The Morgan fingerprint density at radius 3 is 2.06 bits per heavy atom. The van der Waals surface area contributed by atoms with Gasteiger partial charge in [-0.1, -0.05) is 23.2 Å². The summed E-state index contributed by atoms with van der Waals surface area (Å²) in [5.41, 5.74) is 0.505. The van der Waals surface area contributed by atoms with E-state index in [9.17, 15) is 0 Å². The first kappa shape index (κ1) is 12.9. The molecule has 0 saturated heterocycles. The van der Waals surface area contributed by atoms with Gasteiger partial charge in [-0.25, -0.2) is 0 Å². The van der Waals surface area contributed by atoms with Crippen LogP contribution in [0.5, 0.6) is 11.5 Å². The molecule has 1 N–H and O–H groups in total. The summed E-state index contributed by atoms with van der Waals surface area (Å²) in [6, 6.07) is 1.62. The molecule has 0 spiro atoms. The van der Waals surface area contributed by atoms with Crippen molar-refractivity contribution in [3.8, 4) is 11.5 Å². The smallest absolute Gasteiger partial charge is 0.143 e. The topological polar surface area (TPSA) is 42.9 Å². The first-order chi connectivity index (χ1) is 7.65. The lowest BCUT2D eigenvalue weighted by atomic mass is 10.2. The summed E-state index contributed by atoms with van der Waals surface area (Å²) in [7, 11) is 4.67. The Morgan fingerprint density at radius 2 is 1.69 bits per heavy atom. The molecule has 0 atom stereocenters. The van der Waals surface area contributed by atoms with Crippen LogP contribution in [0.15, 0.2) is 11.1 Å². The highest BCUT2D eigenvalue weighted by Crippen LogP contribution is 2.43. The molecule has 16 heavy (non-hydrogen) atoms. The van der Waals surface area contributed by atoms with Crippen molar-refractivity contribution >= 4 is 35.2 Å². The first-order valence-corrected chi connectivity index (χ1v) is 5.18. The summed E-state index contributed by atoms with van der Waals surface area (Å²) >= 11 is 12.2. The minimum atomic E-state index is 0.383. The lowest BCUT2D eigenvalue weighted by molar-refractivity contribution is 0.395. The van der Waals surface area contributed by atoms with Crippen LogP contribution < -0.4 is 14.8 Å². The average Bonchev–Trinajstić information content (AvgIpc) is 2.29. The minimum absolute atomic E-state index is 0.383. The number of aliphatic imine (C=N–C) groups is 1.